The molecule has 0 radical (unpaired) electrons. The Kier molecular flexibility index (Phi) is 5.84. The van der Waals surface area contributed by atoms with Crippen LogP contribution in [0.5, 0.6) is 0 Å². The van der Waals surface area contributed by atoms with Crippen LogP contribution in [0.4, 0.5) is 9.59 Å². The van der Waals surface area contributed by atoms with Crippen molar-refractivity contribution in [3.05, 3.63) is 0 Å². The molecule has 0 aromatic carbocycles. The number of ether oxygens (including phenoxy) is 2. The smallest absolute Gasteiger partial charge is 0.450 e. The summed E-state index contributed by atoms with van der Waals surface area (Å²) in [6.45, 7) is -0.601. The van der Waals surface area contributed by atoms with E-state index in [1.807, 2.05) is 0 Å². The van der Waals surface area contributed by atoms with Crippen LogP contribution in [-0.2, 0) is 14.3 Å². The first-order valence-electron chi connectivity index (χ1n) is 3.75. The van der Waals surface area contributed by atoms with E-state index in [0.29, 0.717) is 0 Å². The van der Waals surface area contributed by atoms with Crippen molar-refractivity contribution in [2.45, 2.75) is 12.8 Å². The Morgan fingerprint density at radius 2 is 1.57 bits per heavy atom. The maximum absolute atomic E-state index is 10.8. The van der Waals surface area contributed by atoms with Crippen LogP contribution in [0, 0.1) is 0 Å². The fraction of sp³-hybridized carbons (Fsp3) is 0.571. The molecule has 0 fully saturated rings. The predicted octanol–water partition coefficient (Wildman–Crippen LogP) is 0.725. The van der Waals surface area contributed by atoms with Gasteiger partial charge in [-0.05, 0) is 6.42 Å². The Hall–Kier alpha value is -1.79. The molecule has 7 heteroatoms. The molecule has 2 N–H and O–H groups in total. The number of Topliss-reactive ketones (excluding diaryl/α,β-unsaturated/α-hetero) is 1. The monoisotopic (exact) mass is 206 g/mol. The molecule has 7 nitrogen and oxygen atoms in total. The Bertz CT molecular complexity index is 222. The van der Waals surface area contributed by atoms with Gasteiger partial charge in [0.15, 0.2) is 12.4 Å². The maximum atomic E-state index is 10.8. The third-order valence-electron chi connectivity index (χ3n) is 1.18. The van der Waals surface area contributed by atoms with E-state index in [1.165, 1.54) is 0 Å². The quantitative estimate of drug-likeness (QED) is 0.486. The summed E-state index contributed by atoms with van der Waals surface area (Å²) in [5.41, 5.74) is 0. The van der Waals surface area contributed by atoms with Crippen molar-refractivity contribution < 1.29 is 34.1 Å². The second-order valence-electron chi connectivity index (χ2n) is 2.31. The van der Waals surface area contributed by atoms with Crippen LogP contribution >= 0.6 is 0 Å². The van der Waals surface area contributed by atoms with Crippen LogP contribution in [0.25, 0.3) is 0 Å². The van der Waals surface area contributed by atoms with E-state index in [4.69, 9.17) is 10.2 Å². The van der Waals surface area contributed by atoms with Gasteiger partial charge in [0.2, 0.25) is 0 Å². The van der Waals surface area contributed by atoms with E-state index in [0.717, 1.165) is 0 Å². The molecule has 0 saturated heterocycles. The summed E-state index contributed by atoms with van der Waals surface area (Å²) in [5, 5.41) is 16.1. The average Bonchev–Trinajstić information content (AvgIpc) is 2.08. The average molecular weight is 206 g/mol. The van der Waals surface area contributed by atoms with Gasteiger partial charge in [0, 0.05) is 6.42 Å². The van der Waals surface area contributed by atoms with Gasteiger partial charge in [-0.25, -0.2) is 9.59 Å². The Morgan fingerprint density at radius 3 is 2.07 bits per heavy atom. The van der Waals surface area contributed by atoms with Crippen molar-refractivity contribution in [2.24, 2.45) is 0 Å². The Balaban J connectivity index is 3.36. The molecule has 0 heterocycles. The number of ketones is 1. The molecule has 14 heavy (non-hydrogen) atoms. The molecule has 0 aromatic rings. The van der Waals surface area contributed by atoms with Crippen LogP contribution in [0.3, 0.4) is 0 Å². The third kappa shape index (κ3) is 8.31. The van der Waals surface area contributed by atoms with Crippen LogP contribution in [-0.4, -0.2) is 41.5 Å². The lowest BCUT2D eigenvalue weighted by Crippen LogP contribution is -2.13. The second kappa shape index (κ2) is 6.70. The Morgan fingerprint density at radius 1 is 1.00 bits per heavy atom. The van der Waals surface area contributed by atoms with Gasteiger partial charge in [-0.1, -0.05) is 0 Å². The zero-order valence-electron chi connectivity index (χ0n) is 7.26. The highest BCUT2D eigenvalue weighted by molar-refractivity contribution is 5.81. The zero-order chi connectivity index (χ0) is 11.0. The van der Waals surface area contributed by atoms with Crippen molar-refractivity contribution in [3.63, 3.8) is 0 Å². The second-order valence-corrected chi connectivity index (χ2v) is 2.31. The minimum absolute atomic E-state index is 0.0283. The minimum atomic E-state index is -1.51. The number of carbonyl (C=O) groups excluding carboxylic acids is 1. The first-order valence-corrected chi connectivity index (χ1v) is 3.75. The first-order chi connectivity index (χ1) is 6.52. The number of carbonyl (C=O) groups is 3. The van der Waals surface area contributed by atoms with Crippen molar-refractivity contribution in [1.82, 2.24) is 0 Å². The van der Waals surface area contributed by atoms with Crippen molar-refractivity contribution in [3.8, 4) is 0 Å². The van der Waals surface area contributed by atoms with Gasteiger partial charge in [-0.15, -0.1) is 0 Å². The Labute approximate surface area is 79.2 Å². The van der Waals surface area contributed by atoms with Crippen molar-refractivity contribution >= 4 is 18.1 Å². The molecule has 0 aliphatic rings. The molecule has 0 aromatic heterocycles. The topological polar surface area (TPSA) is 110 Å². The summed E-state index contributed by atoms with van der Waals surface area (Å²) in [5.74, 6) is -0.415. The van der Waals surface area contributed by atoms with Crippen molar-refractivity contribution in [1.29, 1.82) is 0 Å². The van der Waals surface area contributed by atoms with Gasteiger partial charge in [0.25, 0.3) is 0 Å². The number of rotatable bonds is 6. The van der Waals surface area contributed by atoms with Crippen LogP contribution in [0.2, 0.25) is 0 Å². The molecule has 80 valence electrons. The normalized spacial score (nSPS) is 9.14. The van der Waals surface area contributed by atoms with E-state index >= 15 is 0 Å². The van der Waals surface area contributed by atoms with Gasteiger partial charge >= 0.3 is 12.3 Å². The summed E-state index contributed by atoms with van der Waals surface area (Å²) in [6, 6.07) is 0. The fourth-order valence-corrected chi connectivity index (χ4v) is 0.643. The van der Waals surface area contributed by atoms with Gasteiger partial charge < -0.3 is 19.7 Å². The van der Waals surface area contributed by atoms with E-state index in [9.17, 15) is 14.4 Å². The minimum Gasteiger partial charge on any atom is -0.450 e. The third-order valence-corrected chi connectivity index (χ3v) is 1.18. The summed E-state index contributed by atoms with van der Waals surface area (Å²) < 4.78 is 8.12. The number of hydrogen-bond donors (Lipinski definition) is 2. The highest BCUT2D eigenvalue weighted by Crippen LogP contribution is 1.93. The standard InChI is InChI=1S/C7H10O7/c8-5(4-14-7(11)12)2-1-3-13-6(9)10/h1-4H2,(H,9,10)(H,11,12). The molecule has 0 rings (SSSR count). The first kappa shape index (κ1) is 12.2. The number of hydrogen-bond acceptors (Lipinski definition) is 5. The van der Waals surface area contributed by atoms with E-state index in [1.54, 1.807) is 0 Å². The zero-order valence-corrected chi connectivity index (χ0v) is 7.26. The molecular weight excluding hydrogens is 196 g/mol. The molecule has 0 unspecified atom stereocenters. The van der Waals surface area contributed by atoms with E-state index < -0.39 is 24.7 Å². The molecule has 0 aliphatic carbocycles. The van der Waals surface area contributed by atoms with E-state index in [-0.39, 0.29) is 19.4 Å². The highest BCUT2D eigenvalue weighted by Gasteiger charge is 2.06. The molecule has 0 atom stereocenters. The van der Waals surface area contributed by atoms with Gasteiger partial charge in [-0.2, -0.15) is 0 Å². The molecular formula is C7H10O7. The maximum Gasteiger partial charge on any atom is 0.506 e. The predicted molar refractivity (Wildman–Crippen MR) is 42.2 cm³/mol. The van der Waals surface area contributed by atoms with Gasteiger partial charge in [-0.3, -0.25) is 4.79 Å². The van der Waals surface area contributed by atoms with Gasteiger partial charge in [0.1, 0.15) is 0 Å². The largest absolute Gasteiger partial charge is 0.506 e. The van der Waals surface area contributed by atoms with Gasteiger partial charge in [0.05, 0.1) is 6.61 Å². The van der Waals surface area contributed by atoms with Crippen LogP contribution < -0.4 is 0 Å². The summed E-state index contributed by atoms with van der Waals surface area (Å²) in [4.78, 5) is 30.5. The molecule has 0 bridgehead atoms. The highest BCUT2D eigenvalue weighted by atomic mass is 16.7. The van der Waals surface area contributed by atoms with E-state index in [2.05, 4.69) is 9.47 Å². The fourth-order valence-electron chi connectivity index (χ4n) is 0.643. The lowest BCUT2D eigenvalue weighted by Gasteiger charge is -2.00. The molecule has 0 saturated carbocycles. The molecule has 0 amide bonds. The number of carboxylic acid groups (broad SMARTS) is 2. The molecule has 0 spiro atoms. The van der Waals surface area contributed by atoms with Crippen LogP contribution in [0.1, 0.15) is 12.8 Å². The lowest BCUT2D eigenvalue weighted by molar-refractivity contribution is -0.122. The SMILES string of the molecule is O=C(CCCOC(=O)O)COC(=O)O. The summed E-state index contributed by atoms with van der Waals surface area (Å²) in [7, 11) is 0. The summed E-state index contributed by atoms with van der Waals surface area (Å²) in [6.07, 6.45) is -2.67. The molecule has 0 aliphatic heterocycles. The lowest BCUT2D eigenvalue weighted by atomic mass is 10.2. The summed E-state index contributed by atoms with van der Waals surface area (Å²) >= 11 is 0. The van der Waals surface area contributed by atoms with Crippen LogP contribution in [0.15, 0.2) is 0 Å². The van der Waals surface area contributed by atoms with Crippen molar-refractivity contribution in [2.75, 3.05) is 13.2 Å².